The summed E-state index contributed by atoms with van der Waals surface area (Å²) < 4.78 is 1.16. The van der Waals surface area contributed by atoms with Crippen molar-refractivity contribution in [3.05, 3.63) is 5.01 Å². The second-order valence-electron chi connectivity index (χ2n) is 3.30. The maximum atomic E-state index is 4.09. The summed E-state index contributed by atoms with van der Waals surface area (Å²) in [5.74, 6) is 0. The molecule has 1 aromatic heterocycles. The van der Waals surface area contributed by atoms with Crippen LogP contribution in [0.4, 0.5) is 0 Å². The zero-order valence-corrected chi connectivity index (χ0v) is 11.7. The van der Waals surface area contributed by atoms with E-state index in [-0.39, 0.29) is 0 Å². The Morgan fingerprint density at radius 1 is 1.27 bits per heavy atom. The molecule has 0 spiro atoms. The molecule has 0 aliphatic carbocycles. The van der Waals surface area contributed by atoms with Gasteiger partial charge in [0.2, 0.25) is 0 Å². The first-order valence-electron chi connectivity index (χ1n) is 3.46. The first-order valence-corrected chi connectivity index (χ1v) is 17.2. The first-order chi connectivity index (χ1) is 4.97. The van der Waals surface area contributed by atoms with Gasteiger partial charge in [0.1, 0.15) is 0 Å². The number of aromatic nitrogens is 2. The summed E-state index contributed by atoms with van der Waals surface area (Å²) in [6, 6.07) is 0. The second kappa shape index (κ2) is 3.62. The first kappa shape index (κ1) is 9.79. The molecule has 0 atom stereocenters. The fraction of sp³-hybridized carbons (Fsp3) is 0.667. The van der Waals surface area contributed by atoms with E-state index < -0.39 is 17.0 Å². The molecule has 0 N–H and O–H groups in total. The molecule has 0 unspecified atom stereocenters. The third-order valence-corrected chi connectivity index (χ3v) is 11.1. The van der Waals surface area contributed by atoms with Crippen LogP contribution in [-0.4, -0.2) is 27.2 Å². The minimum atomic E-state index is -1.73. The normalized spacial score (nSPS) is 12.0. The van der Waals surface area contributed by atoms with Crippen molar-refractivity contribution in [2.45, 2.75) is 26.1 Å². The van der Waals surface area contributed by atoms with E-state index >= 15 is 0 Å². The molecule has 0 aliphatic heterocycles. The van der Waals surface area contributed by atoms with Crippen LogP contribution in [0.15, 0.2) is 4.34 Å². The summed E-state index contributed by atoms with van der Waals surface area (Å²) in [6.45, 7) is 2.00. The quantitative estimate of drug-likeness (QED) is 0.785. The van der Waals surface area contributed by atoms with Crippen LogP contribution in [0.2, 0.25) is 14.8 Å². The van der Waals surface area contributed by atoms with Crippen molar-refractivity contribution in [2.24, 2.45) is 0 Å². The average molecular weight is 295 g/mol. The molecule has 0 amide bonds. The number of rotatable bonds is 2. The number of nitrogens with zero attached hydrogens (tertiary/aromatic N) is 2. The summed E-state index contributed by atoms with van der Waals surface area (Å²) in [6.07, 6.45) is 0. The molecule has 1 rings (SSSR count). The predicted octanol–water partition coefficient (Wildman–Crippen LogP) is 2.77. The molecule has 5 heteroatoms. The summed E-state index contributed by atoms with van der Waals surface area (Å²) >= 11 is -0.0190. The molecular weight excluding hydrogens is 283 g/mol. The monoisotopic (exact) mass is 296 g/mol. The summed E-state index contributed by atoms with van der Waals surface area (Å²) in [5, 5.41) is 9.14. The van der Waals surface area contributed by atoms with Crippen LogP contribution in [0.25, 0.3) is 0 Å². The number of aryl methyl sites for hydroxylation is 1. The van der Waals surface area contributed by atoms with E-state index in [2.05, 4.69) is 25.0 Å². The van der Waals surface area contributed by atoms with Gasteiger partial charge >= 0.3 is 78.6 Å². The summed E-state index contributed by atoms with van der Waals surface area (Å²) in [4.78, 5) is 7.15. The van der Waals surface area contributed by atoms with Crippen molar-refractivity contribution in [1.82, 2.24) is 10.2 Å². The molecule has 0 fully saturated rings. The fourth-order valence-corrected chi connectivity index (χ4v) is 13.1. The molecule has 2 nitrogen and oxygen atoms in total. The van der Waals surface area contributed by atoms with Crippen molar-refractivity contribution in [3.8, 4) is 0 Å². The molecule has 11 heavy (non-hydrogen) atoms. The third-order valence-electron chi connectivity index (χ3n) is 0.901. The Balaban J connectivity index is 2.65. The minimum absolute atomic E-state index is 1.07. The third kappa shape index (κ3) is 3.75. The van der Waals surface area contributed by atoms with E-state index in [0.717, 1.165) is 9.35 Å². The van der Waals surface area contributed by atoms with Gasteiger partial charge in [-0.1, -0.05) is 0 Å². The molecule has 0 radical (unpaired) electrons. The Bertz CT molecular complexity index is 241. The average Bonchev–Trinajstić information content (AvgIpc) is 2.10. The van der Waals surface area contributed by atoms with E-state index in [1.54, 1.807) is 11.3 Å². The predicted molar refractivity (Wildman–Crippen MR) is 53.8 cm³/mol. The standard InChI is InChI=1S/C3H4N2S2.3CH3.Sn/c1-2-4-5-3(6)7-2;;;;/h1H3,(H,5,6);3*1H3;/q;;;;+1/p-1. The van der Waals surface area contributed by atoms with Gasteiger partial charge < -0.3 is 0 Å². The maximum absolute atomic E-state index is 4.09. The van der Waals surface area contributed by atoms with Gasteiger partial charge in [0, 0.05) is 0 Å². The Kier molecular flexibility index (Phi) is 3.22. The number of hydrogen-bond acceptors (Lipinski definition) is 4. The van der Waals surface area contributed by atoms with Gasteiger partial charge in [-0.15, -0.1) is 0 Å². The van der Waals surface area contributed by atoms with Crippen LogP contribution in [0, 0.1) is 6.92 Å². The Hall–Kier alpha value is 0.709. The van der Waals surface area contributed by atoms with Gasteiger partial charge in [0.15, 0.2) is 0 Å². The van der Waals surface area contributed by atoms with Gasteiger partial charge in [-0.3, -0.25) is 0 Å². The molecule has 1 aromatic rings. The van der Waals surface area contributed by atoms with Gasteiger partial charge in [-0.2, -0.15) is 0 Å². The van der Waals surface area contributed by atoms with Crippen LogP contribution in [-0.2, 0) is 0 Å². The van der Waals surface area contributed by atoms with Gasteiger partial charge in [0.05, 0.1) is 0 Å². The summed E-state index contributed by atoms with van der Waals surface area (Å²) in [5.41, 5.74) is 0. The van der Waals surface area contributed by atoms with Crippen LogP contribution >= 0.6 is 20.3 Å². The molecular formula is C6H12N2S2Sn. The van der Waals surface area contributed by atoms with Crippen molar-refractivity contribution >= 4 is 37.3 Å². The zero-order chi connectivity index (χ0) is 8.48. The Morgan fingerprint density at radius 2 is 1.91 bits per heavy atom. The molecule has 0 bridgehead atoms. The van der Waals surface area contributed by atoms with E-state index in [1.807, 2.05) is 15.9 Å². The Labute approximate surface area is 78.1 Å². The van der Waals surface area contributed by atoms with E-state index in [1.165, 1.54) is 0 Å². The van der Waals surface area contributed by atoms with Crippen molar-refractivity contribution < 1.29 is 0 Å². The SMILES string of the molecule is Cc1nnc([S][Sn]([CH3])([CH3])[CH3])s1. The van der Waals surface area contributed by atoms with E-state index in [4.69, 9.17) is 0 Å². The topological polar surface area (TPSA) is 25.8 Å². The van der Waals surface area contributed by atoms with E-state index in [9.17, 15) is 0 Å². The van der Waals surface area contributed by atoms with Crippen molar-refractivity contribution in [3.63, 3.8) is 0 Å². The molecule has 0 saturated heterocycles. The molecule has 62 valence electrons. The molecule has 0 saturated carbocycles. The molecule has 1 heterocycles. The van der Waals surface area contributed by atoms with Gasteiger partial charge in [-0.05, 0) is 0 Å². The second-order valence-corrected chi connectivity index (χ2v) is 27.4. The van der Waals surface area contributed by atoms with Crippen LogP contribution in [0.1, 0.15) is 5.01 Å². The van der Waals surface area contributed by atoms with Crippen LogP contribution in [0.5, 0.6) is 0 Å². The van der Waals surface area contributed by atoms with E-state index in [0.29, 0.717) is 0 Å². The fourth-order valence-electron chi connectivity index (χ4n) is 0.582. The van der Waals surface area contributed by atoms with Crippen molar-refractivity contribution in [2.75, 3.05) is 0 Å². The number of hydrogen-bond donors (Lipinski definition) is 0. The van der Waals surface area contributed by atoms with Gasteiger partial charge in [0.25, 0.3) is 0 Å². The Morgan fingerprint density at radius 3 is 2.27 bits per heavy atom. The van der Waals surface area contributed by atoms with Crippen LogP contribution < -0.4 is 0 Å². The van der Waals surface area contributed by atoms with Crippen molar-refractivity contribution in [1.29, 1.82) is 0 Å². The van der Waals surface area contributed by atoms with Crippen LogP contribution in [0.3, 0.4) is 0 Å². The molecule has 0 aliphatic rings. The summed E-state index contributed by atoms with van der Waals surface area (Å²) in [7, 11) is 1.98. The molecule has 0 aromatic carbocycles. The zero-order valence-electron chi connectivity index (χ0n) is 7.21. The van der Waals surface area contributed by atoms with Gasteiger partial charge in [-0.25, -0.2) is 0 Å².